The van der Waals surface area contributed by atoms with Crippen LogP contribution in [0.5, 0.6) is 5.75 Å². The molecule has 2 aromatic carbocycles. The van der Waals surface area contributed by atoms with E-state index in [9.17, 15) is 0 Å². The van der Waals surface area contributed by atoms with Gasteiger partial charge in [0.15, 0.2) is 0 Å². The van der Waals surface area contributed by atoms with Gasteiger partial charge in [0.05, 0.1) is 13.3 Å². The molecule has 0 saturated heterocycles. The van der Waals surface area contributed by atoms with Gasteiger partial charge in [0, 0.05) is 22.6 Å². The minimum absolute atomic E-state index is 0.624. The zero-order valence-corrected chi connectivity index (χ0v) is 12.8. The summed E-state index contributed by atoms with van der Waals surface area (Å²) >= 11 is 3.49. The lowest BCUT2D eigenvalue weighted by Crippen LogP contribution is -1.99. The maximum atomic E-state index is 6.11. The van der Waals surface area contributed by atoms with E-state index in [1.165, 1.54) is 0 Å². The fraction of sp³-hybridized carbons (Fsp3) is 0.133. The Hall–Kier alpha value is -2.01. The van der Waals surface area contributed by atoms with Crippen LogP contribution >= 0.6 is 15.9 Å². The van der Waals surface area contributed by atoms with Gasteiger partial charge in [-0.3, -0.25) is 4.68 Å². The first-order chi connectivity index (χ1) is 9.61. The highest BCUT2D eigenvalue weighted by molar-refractivity contribution is 9.10. The van der Waals surface area contributed by atoms with Crippen LogP contribution in [0.15, 0.2) is 41.0 Å². The Kier molecular flexibility index (Phi) is 3.14. The summed E-state index contributed by atoms with van der Waals surface area (Å²) in [4.78, 5) is 0. The first-order valence-corrected chi connectivity index (χ1v) is 6.95. The van der Waals surface area contributed by atoms with Gasteiger partial charge >= 0.3 is 0 Å². The SMILES string of the molecule is COc1ccc2cc(Br)ccc2c1-c1cnn(C)c1N. The summed E-state index contributed by atoms with van der Waals surface area (Å²) in [5.74, 6) is 1.42. The van der Waals surface area contributed by atoms with Crippen LogP contribution in [-0.2, 0) is 7.05 Å². The Morgan fingerprint density at radius 3 is 2.70 bits per heavy atom. The number of nitrogens with zero attached hydrogens (tertiary/aromatic N) is 2. The molecule has 1 aromatic heterocycles. The number of benzene rings is 2. The number of fused-ring (bicyclic) bond motifs is 1. The number of ether oxygens (including phenoxy) is 1. The average Bonchev–Trinajstić information content (AvgIpc) is 2.77. The van der Waals surface area contributed by atoms with Gasteiger partial charge in [-0.1, -0.05) is 28.1 Å². The monoisotopic (exact) mass is 331 g/mol. The van der Waals surface area contributed by atoms with E-state index in [0.717, 1.165) is 32.1 Å². The Morgan fingerprint density at radius 1 is 1.25 bits per heavy atom. The van der Waals surface area contributed by atoms with Crippen molar-refractivity contribution in [3.8, 4) is 16.9 Å². The minimum atomic E-state index is 0.624. The summed E-state index contributed by atoms with van der Waals surface area (Å²) < 4.78 is 8.20. The van der Waals surface area contributed by atoms with Crippen LogP contribution in [0, 0.1) is 0 Å². The molecule has 2 N–H and O–H groups in total. The predicted molar refractivity (Wildman–Crippen MR) is 84.8 cm³/mol. The molecule has 0 unspecified atom stereocenters. The normalized spacial score (nSPS) is 10.9. The average molecular weight is 332 g/mol. The second kappa shape index (κ2) is 4.83. The van der Waals surface area contributed by atoms with Crippen molar-refractivity contribution in [1.29, 1.82) is 0 Å². The summed E-state index contributed by atoms with van der Waals surface area (Å²) in [5, 5.41) is 6.43. The van der Waals surface area contributed by atoms with Crippen LogP contribution < -0.4 is 10.5 Å². The van der Waals surface area contributed by atoms with Crippen molar-refractivity contribution in [2.75, 3.05) is 12.8 Å². The van der Waals surface area contributed by atoms with Crippen molar-refractivity contribution < 1.29 is 4.74 Å². The standard InChI is InChI=1S/C15H14BrN3O/c1-19-15(17)12(8-18-19)14-11-5-4-10(16)7-9(11)3-6-13(14)20-2/h3-8H,17H2,1-2H3. The zero-order chi connectivity index (χ0) is 14.3. The van der Waals surface area contributed by atoms with Crippen LogP contribution in [0.4, 0.5) is 5.82 Å². The number of aryl methyl sites for hydroxylation is 1. The van der Waals surface area contributed by atoms with Crippen LogP contribution in [0.2, 0.25) is 0 Å². The number of aromatic nitrogens is 2. The van der Waals surface area contributed by atoms with Crippen molar-refractivity contribution in [3.05, 3.63) is 41.0 Å². The molecule has 3 aromatic rings. The lowest BCUT2D eigenvalue weighted by atomic mass is 9.99. The fourth-order valence-electron chi connectivity index (χ4n) is 2.37. The van der Waals surface area contributed by atoms with Gasteiger partial charge in [-0.2, -0.15) is 5.10 Å². The van der Waals surface area contributed by atoms with Gasteiger partial charge in [0.25, 0.3) is 0 Å². The summed E-state index contributed by atoms with van der Waals surface area (Å²) in [6.07, 6.45) is 1.77. The van der Waals surface area contributed by atoms with E-state index in [1.54, 1.807) is 18.0 Å². The molecular weight excluding hydrogens is 318 g/mol. The van der Waals surface area contributed by atoms with E-state index >= 15 is 0 Å². The van der Waals surface area contributed by atoms with Crippen molar-refractivity contribution in [2.24, 2.45) is 7.05 Å². The molecule has 0 saturated carbocycles. The molecule has 4 nitrogen and oxygen atoms in total. The van der Waals surface area contributed by atoms with Crippen LogP contribution in [0.1, 0.15) is 0 Å². The van der Waals surface area contributed by atoms with E-state index in [-0.39, 0.29) is 0 Å². The van der Waals surface area contributed by atoms with Crippen molar-refractivity contribution in [3.63, 3.8) is 0 Å². The van der Waals surface area contributed by atoms with E-state index < -0.39 is 0 Å². The summed E-state index contributed by atoms with van der Waals surface area (Å²) in [6.45, 7) is 0. The van der Waals surface area contributed by atoms with Gasteiger partial charge in [-0.25, -0.2) is 0 Å². The van der Waals surface area contributed by atoms with Gasteiger partial charge in [0.1, 0.15) is 11.6 Å². The molecule has 0 aliphatic rings. The highest BCUT2D eigenvalue weighted by Gasteiger charge is 2.16. The second-order valence-corrected chi connectivity index (χ2v) is 5.49. The topological polar surface area (TPSA) is 53.1 Å². The lowest BCUT2D eigenvalue weighted by Gasteiger charge is -2.12. The molecule has 0 fully saturated rings. The third kappa shape index (κ3) is 1.94. The number of nitrogen functional groups attached to an aromatic ring is 1. The maximum absolute atomic E-state index is 6.11. The Balaban J connectivity index is 2.40. The van der Waals surface area contributed by atoms with Crippen LogP contribution in [-0.4, -0.2) is 16.9 Å². The maximum Gasteiger partial charge on any atom is 0.129 e. The molecule has 0 spiro atoms. The van der Waals surface area contributed by atoms with Crippen LogP contribution in [0.3, 0.4) is 0 Å². The number of anilines is 1. The molecule has 20 heavy (non-hydrogen) atoms. The molecule has 0 aliphatic carbocycles. The first-order valence-electron chi connectivity index (χ1n) is 6.16. The molecule has 0 aliphatic heterocycles. The molecule has 3 rings (SSSR count). The van der Waals surface area contributed by atoms with Gasteiger partial charge in [-0.05, 0) is 29.0 Å². The first kappa shape index (κ1) is 13.0. The largest absolute Gasteiger partial charge is 0.496 e. The zero-order valence-electron chi connectivity index (χ0n) is 11.2. The van der Waals surface area contributed by atoms with Gasteiger partial charge < -0.3 is 10.5 Å². The summed E-state index contributed by atoms with van der Waals surface area (Å²) in [6, 6.07) is 10.1. The summed E-state index contributed by atoms with van der Waals surface area (Å²) in [7, 11) is 3.49. The van der Waals surface area contributed by atoms with Crippen molar-refractivity contribution >= 4 is 32.5 Å². The highest BCUT2D eigenvalue weighted by Crippen LogP contribution is 2.40. The molecule has 102 valence electrons. The second-order valence-electron chi connectivity index (χ2n) is 4.58. The molecule has 0 bridgehead atoms. The Bertz CT molecular complexity index is 795. The van der Waals surface area contributed by atoms with Gasteiger partial charge in [0.2, 0.25) is 0 Å². The smallest absolute Gasteiger partial charge is 0.129 e. The fourth-order valence-corrected chi connectivity index (χ4v) is 2.75. The quantitative estimate of drug-likeness (QED) is 0.780. The molecule has 0 atom stereocenters. The number of rotatable bonds is 2. The van der Waals surface area contributed by atoms with E-state index in [0.29, 0.717) is 5.82 Å². The minimum Gasteiger partial charge on any atom is -0.496 e. The number of hydrogen-bond acceptors (Lipinski definition) is 3. The lowest BCUT2D eigenvalue weighted by molar-refractivity contribution is 0.417. The summed E-state index contributed by atoms with van der Waals surface area (Å²) in [5.41, 5.74) is 7.98. The van der Waals surface area contributed by atoms with E-state index in [4.69, 9.17) is 10.5 Å². The van der Waals surface area contributed by atoms with Crippen molar-refractivity contribution in [2.45, 2.75) is 0 Å². The molecule has 5 heteroatoms. The number of methoxy groups -OCH3 is 1. The van der Waals surface area contributed by atoms with Crippen molar-refractivity contribution in [1.82, 2.24) is 9.78 Å². The number of hydrogen-bond donors (Lipinski definition) is 1. The predicted octanol–water partition coefficient (Wildman–Crippen LogP) is 3.59. The molecule has 0 radical (unpaired) electrons. The van der Waals surface area contributed by atoms with E-state index in [1.807, 2.05) is 25.2 Å². The number of halogens is 1. The number of nitrogens with two attached hydrogens (primary N) is 1. The third-order valence-corrected chi connectivity index (χ3v) is 3.91. The molecule has 0 amide bonds. The highest BCUT2D eigenvalue weighted by atomic mass is 79.9. The van der Waals surface area contributed by atoms with E-state index in [2.05, 4.69) is 33.2 Å². The molecular formula is C15H14BrN3O. The Morgan fingerprint density at radius 2 is 2.05 bits per heavy atom. The third-order valence-electron chi connectivity index (χ3n) is 3.42. The Labute approximate surface area is 125 Å². The van der Waals surface area contributed by atoms with Crippen LogP contribution in [0.25, 0.3) is 21.9 Å². The van der Waals surface area contributed by atoms with Gasteiger partial charge in [-0.15, -0.1) is 0 Å². The molecule has 1 heterocycles.